The van der Waals surface area contributed by atoms with E-state index in [0.717, 1.165) is 5.56 Å². The van der Waals surface area contributed by atoms with Gasteiger partial charge in [0.05, 0.1) is 12.6 Å². The van der Waals surface area contributed by atoms with Gasteiger partial charge in [0.2, 0.25) is 0 Å². The Hall–Kier alpha value is -1.20. The van der Waals surface area contributed by atoms with Crippen LogP contribution in [0.5, 0.6) is 0 Å². The summed E-state index contributed by atoms with van der Waals surface area (Å²) in [6, 6.07) is 1.99. The fourth-order valence-electron chi connectivity index (χ4n) is 1.25. The Kier molecular flexibility index (Phi) is 2.60. The summed E-state index contributed by atoms with van der Waals surface area (Å²) < 4.78 is 1.62. The zero-order chi connectivity index (χ0) is 9.97. The van der Waals surface area contributed by atoms with E-state index in [1.165, 1.54) is 11.2 Å². The molecule has 0 aliphatic rings. The van der Waals surface area contributed by atoms with Gasteiger partial charge in [-0.3, -0.25) is 4.68 Å². The fraction of sp³-hybridized carbons (Fsp3) is 0.333. The highest BCUT2D eigenvalue weighted by atomic mass is 32.1. The van der Waals surface area contributed by atoms with Gasteiger partial charge < -0.3 is 5.11 Å². The average molecular weight is 209 g/mol. The summed E-state index contributed by atoms with van der Waals surface area (Å²) in [6.07, 6.45) is 2.57. The molecule has 0 fully saturated rings. The Balaban J connectivity index is 2.06. The second-order valence-corrected chi connectivity index (χ2v) is 4.24. The van der Waals surface area contributed by atoms with Crippen LogP contribution in [0.15, 0.2) is 24.1 Å². The molecule has 74 valence electrons. The topological polar surface area (TPSA) is 50.9 Å². The van der Waals surface area contributed by atoms with Gasteiger partial charge in [-0.05, 0) is 23.9 Å². The average Bonchev–Trinajstić information content (AvgIpc) is 2.75. The molecule has 14 heavy (non-hydrogen) atoms. The number of aliphatic hydroxyl groups is 1. The Bertz CT molecular complexity index is 396. The lowest BCUT2D eigenvalue weighted by molar-refractivity contribution is 0.152. The molecular formula is C9H11N3OS. The maximum Gasteiger partial charge on any atom is 0.137 e. The van der Waals surface area contributed by atoms with Crippen LogP contribution < -0.4 is 0 Å². The summed E-state index contributed by atoms with van der Waals surface area (Å²) in [5.74, 6) is 0. The zero-order valence-electron chi connectivity index (χ0n) is 7.79. The molecule has 2 heterocycles. The predicted molar refractivity (Wildman–Crippen MR) is 54.0 cm³/mol. The van der Waals surface area contributed by atoms with E-state index < -0.39 is 6.10 Å². The predicted octanol–water partition coefficient (Wildman–Crippen LogP) is 1.38. The molecule has 0 aliphatic heterocycles. The van der Waals surface area contributed by atoms with Crippen molar-refractivity contribution in [1.82, 2.24) is 14.8 Å². The number of aliphatic hydroxyl groups excluding tert-OH is 1. The van der Waals surface area contributed by atoms with Crippen molar-refractivity contribution >= 4 is 11.3 Å². The van der Waals surface area contributed by atoms with Gasteiger partial charge in [-0.25, -0.2) is 4.98 Å². The normalized spacial score (nSPS) is 13.0. The van der Waals surface area contributed by atoms with Crippen molar-refractivity contribution < 1.29 is 5.11 Å². The maximum atomic E-state index is 9.82. The minimum Gasteiger partial charge on any atom is -0.386 e. The molecule has 0 radical (unpaired) electrons. The van der Waals surface area contributed by atoms with E-state index in [-0.39, 0.29) is 0 Å². The first kappa shape index (κ1) is 9.36. The van der Waals surface area contributed by atoms with Crippen molar-refractivity contribution in [3.63, 3.8) is 0 Å². The first-order chi connectivity index (χ1) is 6.75. The van der Waals surface area contributed by atoms with E-state index in [2.05, 4.69) is 10.1 Å². The minimum absolute atomic E-state index is 0.455. The van der Waals surface area contributed by atoms with E-state index in [9.17, 15) is 5.11 Å². The van der Waals surface area contributed by atoms with Gasteiger partial charge in [-0.1, -0.05) is 0 Å². The van der Waals surface area contributed by atoms with Crippen molar-refractivity contribution in [3.8, 4) is 0 Å². The van der Waals surface area contributed by atoms with Crippen LogP contribution in [0.3, 0.4) is 0 Å². The van der Waals surface area contributed by atoms with Crippen molar-refractivity contribution in [1.29, 1.82) is 0 Å². The molecule has 0 aliphatic carbocycles. The van der Waals surface area contributed by atoms with E-state index in [0.29, 0.717) is 6.54 Å². The molecule has 2 aromatic rings. The fourth-order valence-corrected chi connectivity index (χ4v) is 2.00. The number of thiophene rings is 1. The number of hydrogen-bond donors (Lipinski definition) is 1. The summed E-state index contributed by atoms with van der Waals surface area (Å²) in [5, 5.41) is 15.7. The van der Waals surface area contributed by atoms with Gasteiger partial charge in [-0.15, -0.1) is 11.3 Å². The lowest BCUT2D eigenvalue weighted by Crippen LogP contribution is -2.08. The zero-order valence-corrected chi connectivity index (χ0v) is 8.61. The van der Waals surface area contributed by atoms with E-state index >= 15 is 0 Å². The number of rotatable bonds is 3. The smallest absolute Gasteiger partial charge is 0.137 e. The van der Waals surface area contributed by atoms with Gasteiger partial charge in [0.25, 0.3) is 0 Å². The van der Waals surface area contributed by atoms with Crippen molar-refractivity contribution in [2.75, 3.05) is 0 Å². The number of hydrogen-bond acceptors (Lipinski definition) is 4. The first-order valence-corrected chi connectivity index (χ1v) is 5.19. The summed E-state index contributed by atoms with van der Waals surface area (Å²) in [6.45, 7) is 2.48. The summed E-state index contributed by atoms with van der Waals surface area (Å²) in [7, 11) is 0. The minimum atomic E-state index is -0.498. The molecule has 0 aromatic carbocycles. The molecule has 1 unspecified atom stereocenters. The van der Waals surface area contributed by atoms with Crippen LogP contribution in [0.2, 0.25) is 0 Å². The second-order valence-electron chi connectivity index (χ2n) is 3.12. The molecular weight excluding hydrogens is 198 g/mol. The van der Waals surface area contributed by atoms with Crippen LogP contribution in [-0.4, -0.2) is 19.9 Å². The van der Waals surface area contributed by atoms with Gasteiger partial charge >= 0.3 is 0 Å². The van der Waals surface area contributed by atoms with Crippen LogP contribution in [-0.2, 0) is 6.54 Å². The Morgan fingerprint density at radius 3 is 3.07 bits per heavy atom. The van der Waals surface area contributed by atoms with E-state index in [4.69, 9.17) is 0 Å². The summed E-state index contributed by atoms with van der Waals surface area (Å²) >= 11 is 1.64. The van der Waals surface area contributed by atoms with Crippen LogP contribution in [0.1, 0.15) is 16.5 Å². The molecule has 0 bridgehead atoms. The largest absolute Gasteiger partial charge is 0.386 e. The van der Waals surface area contributed by atoms with Crippen LogP contribution in [0.25, 0.3) is 0 Å². The number of aryl methyl sites for hydroxylation is 1. The van der Waals surface area contributed by atoms with Gasteiger partial charge in [0.15, 0.2) is 0 Å². The van der Waals surface area contributed by atoms with Crippen LogP contribution in [0.4, 0.5) is 0 Å². The molecule has 0 saturated carbocycles. The Morgan fingerprint density at radius 2 is 2.50 bits per heavy atom. The monoisotopic (exact) mass is 209 g/mol. The Labute approximate surface area is 85.8 Å². The molecule has 1 N–H and O–H groups in total. The quantitative estimate of drug-likeness (QED) is 0.831. The molecule has 2 rings (SSSR count). The lowest BCUT2D eigenvalue weighted by atomic mass is 10.2. The summed E-state index contributed by atoms with van der Waals surface area (Å²) in [4.78, 5) is 5.02. The summed E-state index contributed by atoms with van der Waals surface area (Å²) in [5.41, 5.74) is 0.947. The molecule has 2 aromatic heterocycles. The third-order valence-corrected chi connectivity index (χ3v) is 2.84. The standard InChI is InChI=1S/C9H11N3OS/c1-7-2-8(4-14-7)9(13)3-12-6-10-5-11-12/h2,4-6,9,13H,3H2,1H3. The number of aromatic nitrogens is 3. The molecule has 4 nitrogen and oxygen atoms in total. The highest BCUT2D eigenvalue weighted by Gasteiger charge is 2.09. The van der Waals surface area contributed by atoms with Gasteiger partial charge in [0, 0.05) is 4.88 Å². The van der Waals surface area contributed by atoms with Crippen molar-refractivity contribution in [2.45, 2.75) is 19.6 Å². The molecule has 1 atom stereocenters. The molecule has 0 spiro atoms. The highest BCUT2D eigenvalue weighted by Crippen LogP contribution is 2.21. The first-order valence-electron chi connectivity index (χ1n) is 4.31. The van der Waals surface area contributed by atoms with Crippen LogP contribution >= 0.6 is 11.3 Å². The van der Waals surface area contributed by atoms with Gasteiger partial charge in [0.1, 0.15) is 12.7 Å². The molecule has 0 saturated heterocycles. The van der Waals surface area contributed by atoms with E-state index in [1.54, 1.807) is 22.3 Å². The SMILES string of the molecule is Cc1cc(C(O)Cn2cncn2)cs1. The van der Waals surface area contributed by atoms with E-state index in [1.807, 2.05) is 18.4 Å². The Morgan fingerprint density at radius 1 is 1.64 bits per heavy atom. The highest BCUT2D eigenvalue weighted by molar-refractivity contribution is 7.10. The number of nitrogens with zero attached hydrogens (tertiary/aromatic N) is 3. The van der Waals surface area contributed by atoms with Gasteiger partial charge in [-0.2, -0.15) is 5.10 Å². The third-order valence-electron chi connectivity index (χ3n) is 1.96. The van der Waals surface area contributed by atoms with Crippen LogP contribution in [0, 0.1) is 6.92 Å². The maximum absolute atomic E-state index is 9.82. The molecule has 0 amide bonds. The molecule has 5 heteroatoms. The van der Waals surface area contributed by atoms with Crippen molar-refractivity contribution in [2.24, 2.45) is 0 Å². The lowest BCUT2D eigenvalue weighted by Gasteiger charge is -2.07. The second kappa shape index (κ2) is 3.89. The van der Waals surface area contributed by atoms with Crippen molar-refractivity contribution in [3.05, 3.63) is 34.5 Å². The third kappa shape index (κ3) is 2.00.